The average molecular weight is 487 g/mol. The van der Waals surface area contributed by atoms with Crippen molar-refractivity contribution in [3.05, 3.63) is 0 Å². The largest absolute Gasteiger partial charge is 1.00 e. The zero-order valence-corrected chi connectivity index (χ0v) is 23.3. The summed E-state index contributed by atoms with van der Waals surface area (Å²) in [4.78, 5) is 10.1. The summed E-state index contributed by atoms with van der Waals surface area (Å²) in [6.45, 7) is 7.43. The summed E-state index contributed by atoms with van der Waals surface area (Å²) in [5, 5.41) is 10.1. The molecule has 0 amide bonds. The van der Waals surface area contributed by atoms with Crippen LogP contribution in [0.4, 0.5) is 0 Å². The number of carboxylic acid groups (broad SMARTS) is 1. The fourth-order valence-corrected chi connectivity index (χ4v) is 2.95. The van der Waals surface area contributed by atoms with Crippen LogP contribution in [0.25, 0.3) is 0 Å². The van der Waals surface area contributed by atoms with E-state index in [4.69, 9.17) is 28.4 Å². The van der Waals surface area contributed by atoms with E-state index in [1.165, 1.54) is 57.8 Å². The third-order valence-electron chi connectivity index (χ3n) is 4.72. The van der Waals surface area contributed by atoms with Crippen LogP contribution in [0.1, 0.15) is 71.1 Å². The Morgan fingerprint density at radius 3 is 1.15 bits per heavy atom. The van der Waals surface area contributed by atoms with Gasteiger partial charge in [0.05, 0.1) is 78.6 Å². The Bertz CT molecular complexity index is 374. The Morgan fingerprint density at radius 2 is 0.788 bits per heavy atom. The topological polar surface area (TPSA) is 95.5 Å². The van der Waals surface area contributed by atoms with Crippen LogP contribution >= 0.6 is 0 Å². The molecule has 0 aliphatic carbocycles. The number of hydrogen-bond donors (Lipinski definition) is 0. The van der Waals surface area contributed by atoms with E-state index in [-0.39, 0.29) is 36.2 Å². The molecule has 0 N–H and O–H groups in total. The van der Waals surface area contributed by atoms with Crippen molar-refractivity contribution >= 4 is 5.97 Å². The Kier molecular flexibility index (Phi) is 34.6. The Balaban J connectivity index is 0. The molecule has 0 bridgehead atoms. The van der Waals surface area contributed by atoms with Crippen molar-refractivity contribution in [2.75, 3.05) is 79.3 Å². The van der Waals surface area contributed by atoms with Crippen LogP contribution in [0.2, 0.25) is 0 Å². The monoisotopic (exact) mass is 486 g/mol. The number of carbonyl (C=O) groups is 1. The Morgan fingerprint density at radius 1 is 0.485 bits per heavy atom. The van der Waals surface area contributed by atoms with E-state index in [2.05, 4.69) is 6.92 Å². The number of carboxylic acids is 1. The van der Waals surface area contributed by atoms with Crippen molar-refractivity contribution in [1.29, 1.82) is 0 Å². The predicted octanol–water partition coefficient (Wildman–Crippen LogP) is -0.239. The SMILES string of the molecule is CCCCCCCCCCCCOCCOCCOCCOCCOCCOCC(=O)[O-].[Na+]. The molecule has 8 nitrogen and oxygen atoms in total. The van der Waals surface area contributed by atoms with E-state index in [9.17, 15) is 9.90 Å². The summed E-state index contributed by atoms with van der Waals surface area (Å²) < 4.78 is 31.9. The number of aliphatic carboxylic acids is 1. The van der Waals surface area contributed by atoms with Crippen LogP contribution in [-0.2, 0) is 33.2 Å². The molecule has 0 aromatic heterocycles. The van der Waals surface area contributed by atoms with Crippen molar-refractivity contribution < 1.29 is 67.9 Å². The van der Waals surface area contributed by atoms with Crippen LogP contribution in [-0.4, -0.2) is 85.3 Å². The quantitative estimate of drug-likeness (QED) is 0.110. The van der Waals surface area contributed by atoms with E-state index in [1.807, 2.05) is 0 Å². The first-order valence-corrected chi connectivity index (χ1v) is 12.4. The summed E-state index contributed by atoms with van der Waals surface area (Å²) >= 11 is 0. The van der Waals surface area contributed by atoms with Crippen molar-refractivity contribution in [3.63, 3.8) is 0 Å². The first-order valence-electron chi connectivity index (χ1n) is 12.4. The molecule has 0 fully saturated rings. The van der Waals surface area contributed by atoms with Gasteiger partial charge in [0, 0.05) is 6.61 Å². The van der Waals surface area contributed by atoms with Crippen molar-refractivity contribution in [1.82, 2.24) is 0 Å². The number of unbranched alkanes of at least 4 members (excludes halogenated alkanes) is 9. The minimum atomic E-state index is -1.23. The Labute approximate surface area is 223 Å². The maximum Gasteiger partial charge on any atom is 1.00 e. The summed E-state index contributed by atoms with van der Waals surface area (Å²) in [6.07, 6.45) is 13.4. The third-order valence-corrected chi connectivity index (χ3v) is 4.72. The summed E-state index contributed by atoms with van der Waals surface area (Å²) in [5.74, 6) is -1.23. The number of carbonyl (C=O) groups excluding carboxylic acids is 1. The maximum atomic E-state index is 10.1. The third kappa shape index (κ3) is 34.5. The molecular formula is C24H47NaO8. The summed E-state index contributed by atoms with van der Waals surface area (Å²) in [6, 6.07) is 0. The van der Waals surface area contributed by atoms with Gasteiger partial charge in [-0.2, -0.15) is 0 Å². The van der Waals surface area contributed by atoms with Crippen molar-refractivity contribution in [2.24, 2.45) is 0 Å². The summed E-state index contributed by atoms with van der Waals surface area (Å²) in [5.41, 5.74) is 0. The van der Waals surface area contributed by atoms with Crippen molar-refractivity contribution in [3.8, 4) is 0 Å². The maximum absolute atomic E-state index is 10.1. The molecule has 0 aliphatic rings. The molecule has 0 aromatic rings. The second-order valence-corrected chi connectivity index (χ2v) is 7.67. The predicted molar refractivity (Wildman–Crippen MR) is 122 cm³/mol. The Hall–Kier alpha value is 0.230. The van der Waals surface area contributed by atoms with E-state index in [0.717, 1.165) is 13.0 Å². The molecule has 0 heterocycles. The van der Waals surface area contributed by atoms with Gasteiger partial charge in [-0.15, -0.1) is 0 Å². The molecule has 0 radical (unpaired) electrons. The number of hydrogen-bond acceptors (Lipinski definition) is 8. The first-order chi connectivity index (χ1) is 15.8. The smallest absolute Gasteiger partial charge is 0.548 e. The summed E-state index contributed by atoms with van der Waals surface area (Å²) in [7, 11) is 0. The molecule has 0 unspecified atom stereocenters. The first kappa shape index (κ1) is 35.4. The van der Waals surface area contributed by atoms with E-state index >= 15 is 0 Å². The van der Waals surface area contributed by atoms with Crippen LogP contribution in [0.15, 0.2) is 0 Å². The van der Waals surface area contributed by atoms with Gasteiger partial charge in [0.15, 0.2) is 0 Å². The van der Waals surface area contributed by atoms with Gasteiger partial charge in [0.2, 0.25) is 0 Å². The fourth-order valence-electron chi connectivity index (χ4n) is 2.95. The van der Waals surface area contributed by atoms with E-state index in [1.54, 1.807) is 0 Å². The van der Waals surface area contributed by atoms with Gasteiger partial charge in [-0.1, -0.05) is 64.7 Å². The van der Waals surface area contributed by atoms with Gasteiger partial charge in [0.25, 0.3) is 0 Å². The van der Waals surface area contributed by atoms with Crippen LogP contribution in [0.3, 0.4) is 0 Å². The van der Waals surface area contributed by atoms with Gasteiger partial charge in [0.1, 0.15) is 0 Å². The van der Waals surface area contributed by atoms with E-state index in [0.29, 0.717) is 59.5 Å². The molecule has 0 rings (SSSR count). The molecule has 0 saturated carbocycles. The van der Waals surface area contributed by atoms with Crippen LogP contribution in [0.5, 0.6) is 0 Å². The molecule has 0 spiro atoms. The van der Waals surface area contributed by atoms with Crippen LogP contribution < -0.4 is 34.7 Å². The molecule has 0 aromatic carbocycles. The van der Waals surface area contributed by atoms with Gasteiger partial charge in [-0.3, -0.25) is 0 Å². The number of rotatable bonds is 28. The molecule has 33 heavy (non-hydrogen) atoms. The van der Waals surface area contributed by atoms with Gasteiger partial charge in [-0.05, 0) is 6.42 Å². The fraction of sp³-hybridized carbons (Fsp3) is 0.958. The normalized spacial score (nSPS) is 10.9. The standard InChI is InChI=1S/C24H48O8.Na/c1-2-3-4-5-6-7-8-9-10-11-12-27-13-14-28-15-16-29-17-18-30-19-20-31-21-22-32-23-24(25)26;/h2-23H2,1H3,(H,25,26);/q;+1/p-1. The van der Waals surface area contributed by atoms with Gasteiger partial charge in [-0.25, -0.2) is 0 Å². The molecule has 9 heteroatoms. The minimum Gasteiger partial charge on any atom is -0.548 e. The second-order valence-electron chi connectivity index (χ2n) is 7.67. The zero-order valence-electron chi connectivity index (χ0n) is 21.3. The molecule has 0 aliphatic heterocycles. The van der Waals surface area contributed by atoms with Gasteiger partial charge < -0.3 is 38.3 Å². The zero-order chi connectivity index (χ0) is 23.4. The van der Waals surface area contributed by atoms with Crippen LogP contribution in [0, 0.1) is 0 Å². The van der Waals surface area contributed by atoms with Gasteiger partial charge >= 0.3 is 29.6 Å². The second kappa shape index (κ2) is 32.2. The average Bonchev–Trinajstić information content (AvgIpc) is 2.78. The molecular weight excluding hydrogens is 439 g/mol. The van der Waals surface area contributed by atoms with Crippen molar-refractivity contribution in [2.45, 2.75) is 71.1 Å². The molecule has 0 atom stereocenters. The molecule has 192 valence electrons. The minimum absolute atomic E-state index is 0. The van der Waals surface area contributed by atoms with E-state index < -0.39 is 12.6 Å². The number of ether oxygens (including phenoxy) is 6. The molecule has 0 saturated heterocycles.